The Morgan fingerprint density at radius 2 is 2.14 bits per heavy atom. The first-order valence-electron chi connectivity index (χ1n) is 5.08. The van der Waals surface area contributed by atoms with Crippen molar-refractivity contribution in [3.8, 4) is 0 Å². The van der Waals surface area contributed by atoms with Crippen molar-refractivity contribution in [2.75, 3.05) is 0 Å². The summed E-state index contributed by atoms with van der Waals surface area (Å²) in [6, 6.07) is 5.63. The maximum absolute atomic E-state index is 13.3. The maximum Gasteiger partial charge on any atom is 0.126 e. The molecule has 1 aliphatic rings. The highest BCUT2D eigenvalue weighted by atomic mass is 79.9. The summed E-state index contributed by atoms with van der Waals surface area (Å²) in [6.45, 7) is 1.80. The average Bonchev–Trinajstić information content (AvgIpc) is 2.57. The van der Waals surface area contributed by atoms with Gasteiger partial charge in [0.05, 0.1) is 0 Å². The van der Waals surface area contributed by atoms with Crippen molar-refractivity contribution in [2.45, 2.75) is 36.9 Å². The minimum atomic E-state index is -0.0749. The lowest BCUT2D eigenvalue weighted by atomic mass is 9.96. The molecule has 2 heteroatoms. The second kappa shape index (κ2) is 4.01. The second-order valence-corrected chi connectivity index (χ2v) is 5.24. The van der Waals surface area contributed by atoms with Crippen molar-refractivity contribution in [3.05, 3.63) is 35.1 Å². The number of halogens is 2. The van der Waals surface area contributed by atoms with Crippen LogP contribution in [0.3, 0.4) is 0 Å². The van der Waals surface area contributed by atoms with Crippen molar-refractivity contribution in [2.24, 2.45) is 0 Å². The number of rotatable bonds is 1. The van der Waals surface area contributed by atoms with E-state index < -0.39 is 0 Å². The van der Waals surface area contributed by atoms with Gasteiger partial charge in [-0.3, -0.25) is 0 Å². The predicted molar refractivity (Wildman–Crippen MR) is 60.4 cm³/mol. The molecule has 0 spiro atoms. The van der Waals surface area contributed by atoms with Gasteiger partial charge in [0.25, 0.3) is 0 Å². The molecule has 2 atom stereocenters. The summed E-state index contributed by atoms with van der Waals surface area (Å²) in [5.74, 6) is 0.430. The summed E-state index contributed by atoms with van der Waals surface area (Å²) in [7, 11) is 0. The average molecular weight is 257 g/mol. The van der Waals surface area contributed by atoms with Gasteiger partial charge in [0.15, 0.2) is 0 Å². The molecule has 1 fully saturated rings. The number of hydrogen-bond donors (Lipinski definition) is 0. The monoisotopic (exact) mass is 256 g/mol. The van der Waals surface area contributed by atoms with Crippen molar-refractivity contribution in [1.82, 2.24) is 0 Å². The Balaban J connectivity index is 2.28. The van der Waals surface area contributed by atoms with Crippen LogP contribution in [0.25, 0.3) is 0 Å². The van der Waals surface area contributed by atoms with Gasteiger partial charge in [0, 0.05) is 4.83 Å². The van der Waals surface area contributed by atoms with Gasteiger partial charge >= 0.3 is 0 Å². The van der Waals surface area contributed by atoms with E-state index in [0.717, 1.165) is 11.1 Å². The topological polar surface area (TPSA) is 0 Å². The molecule has 14 heavy (non-hydrogen) atoms. The zero-order chi connectivity index (χ0) is 10.1. The Morgan fingerprint density at radius 3 is 2.71 bits per heavy atom. The Bertz CT molecular complexity index is 335. The molecule has 0 saturated heterocycles. The smallest absolute Gasteiger partial charge is 0.126 e. The molecule has 0 radical (unpaired) electrons. The largest absolute Gasteiger partial charge is 0.207 e. The fourth-order valence-electron chi connectivity index (χ4n) is 2.13. The highest BCUT2D eigenvalue weighted by Crippen LogP contribution is 2.39. The highest BCUT2D eigenvalue weighted by molar-refractivity contribution is 9.09. The van der Waals surface area contributed by atoms with E-state index in [1.165, 1.54) is 19.3 Å². The van der Waals surface area contributed by atoms with E-state index >= 15 is 0 Å². The fraction of sp³-hybridized carbons (Fsp3) is 0.500. The molecule has 0 aliphatic heterocycles. The van der Waals surface area contributed by atoms with E-state index in [4.69, 9.17) is 0 Å². The summed E-state index contributed by atoms with van der Waals surface area (Å²) in [4.78, 5) is 0.532. The van der Waals surface area contributed by atoms with E-state index in [2.05, 4.69) is 22.0 Å². The minimum absolute atomic E-state index is 0.0749. The second-order valence-electron chi connectivity index (χ2n) is 4.06. The molecule has 0 heterocycles. The fourth-order valence-corrected chi connectivity index (χ4v) is 3.02. The molecule has 1 aromatic carbocycles. The number of aryl methyl sites for hydroxylation is 1. The molecule has 1 aromatic rings. The van der Waals surface area contributed by atoms with Crippen molar-refractivity contribution < 1.29 is 4.39 Å². The number of hydrogen-bond acceptors (Lipinski definition) is 0. The molecule has 1 saturated carbocycles. The summed E-state index contributed by atoms with van der Waals surface area (Å²) in [6.07, 6.45) is 3.63. The third-order valence-corrected chi connectivity index (χ3v) is 4.15. The zero-order valence-electron chi connectivity index (χ0n) is 8.26. The van der Waals surface area contributed by atoms with Crippen LogP contribution in [0.1, 0.15) is 36.3 Å². The van der Waals surface area contributed by atoms with Crippen LogP contribution in [0, 0.1) is 12.7 Å². The van der Waals surface area contributed by atoms with Crippen LogP contribution < -0.4 is 0 Å². The lowest BCUT2D eigenvalue weighted by Gasteiger charge is -2.14. The van der Waals surface area contributed by atoms with Crippen LogP contribution in [0.4, 0.5) is 4.39 Å². The molecule has 76 valence electrons. The van der Waals surface area contributed by atoms with Crippen LogP contribution >= 0.6 is 15.9 Å². The Morgan fingerprint density at radius 1 is 1.36 bits per heavy atom. The molecule has 0 amide bonds. The summed E-state index contributed by atoms with van der Waals surface area (Å²) >= 11 is 3.66. The Kier molecular flexibility index (Phi) is 2.91. The lowest BCUT2D eigenvalue weighted by molar-refractivity contribution is 0.611. The molecule has 2 unspecified atom stereocenters. The predicted octanol–water partition coefficient (Wildman–Crippen LogP) is 4.17. The van der Waals surface area contributed by atoms with E-state index in [0.29, 0.717) is 10.7 Å². The third-order valence-electron chi connectivity index (χ3n) is 3.06. The van der Waals surface area contributed by atoms with Gasteiger partial charge in [-0.2, -0.15) is 0 Å². The maximum atomic E-state index is 13.3. The number of alkyl halides is 1. The van der Waals surface area contributed by atoms with Crippen LogP contribution in [-0.4, -0.2) is 4.83 Å². The van der Waals surface area contributed by atoms with Gasteiger partial charge in [0.1, 0.15) is 5.82 Å². The lowest BCUT2D eigenvalue weighted by Crippen LogP contribution is -2.04. The molecule has 0 nitrogen and oxygen atoms in total. The zero-order valence-corrected chi connectivity index (χ0v) is 9.85. The van der Waals surface area contributed by atoms with E-state index in [1.807, 2.05) is 6.07 Å². The molecule has 0 bridgehead atoms. The van der Waals surface area contributed by atoms with Gasteiger partial charge in [0.2, 0.25) is 0 Å². The van der Waals surface area contributed by atoms with Crippen molar-refractivity contribution >= 4 is 15.9 Å². The van der Waals surface area contributed by atoms with Gasteiger partial charge in [-0.25, -0.2) is 4.39 Å². The normalized spacial score (nSPS) is 26.8. The van der Waals surface area contributed by atoms with Crippen molar-refractivity contribution in [3.63, 3.8) is 0 Å². The number of benzene rings is 1. The first-order chi connectivity index (χ1) is 6.68. The first kappa shape index (κ1) is 10.2. The van der Waals surface area contributed by atoms with E-state index in [-0.39, 0.29) is 5.82 Å². The van der Waals surface area contributed by atoms with Gasteiger partial charge in [-0.15, -0.1) is 0 Å². The van der Waals surface area contributed by atoms with E-state index in [1.54, 1.807) is 13.0 Å². The summed E-state index contributed by atoms with van der Waals surface area (Å²) in [5.41, 5.74) is 1.88. The first-order valence-corrected chi connectivity index (χ1v) is 6.00. The van der Waals surface area contributed by atoms with Gasteiger partial charge in [-0.1, -0.05) is 34.5 Å². The Labute approximate surface area is 92.6 Å². The van der Waals surface area contributed by atoms with Gasteiger partial charge < -0.3 is 0 Å². The molecule has 2 rings (SSSR count). The van der Waals surface area contributed by atoms with Gasteiger partial charge in [-0.05, 0) is 42.9 Å². The highest BCUT2D eigenvalue weighted by Gasteiger charge is 2.26. The quantitative estimate of drug-likeness (QED) is 0.662. The molecule has 0 N–H and O–H groups in total. The summed E-state index contributed by atoms with van der Waals surface area (Å²) in [5, 5.41) is 0. The van der Waals surface area contributed by atoms with E-state index in [9.17, 15) is 4.39 Å². The van der Waals surface area contributed by atoms with Crippen LogP contribution in [-0.2, 0) is 0 Å². The Hall–Kier alpha value is -0.370. The molecular weight excluding hydrogens is 243 g/mol. The third kappa shape index (κ3) is 1.85. The molecule has 0 aromatic heterocycles. The molecule has 1 aliphatic carbocycles. The standard InChI is InChI=1S/C12H14BrF/c1-8-5-6-9(7-12(8)14)10-3-2-4-11(10)13/h5-7,10-11H,2-4H2,1H3. The van der Waals surface area contributed by atoms with Crippen LogP contribution in [0.2, 0.25) is 0 Å². The van der Waals surface area contributed by atoms with Crippen LogP contribution in [0.5, 0.6) is 0 Å². The molecular formula is C12H14BrF. The summed E-state index contributed by atoms with van der Waals surface area (Å²) < 4.78 is 13.3. The van der Waals surface area contributed by atoms with Crippen LogP contribution in [0.15, 0.2) is 18.2 Å². The minimum Gasteiger partial charge on any atom is -0.207 e. The van der Waals surface area contributed by atoms with Crippen molar-refractivity contribution in [1.29, 1.82) is 0 Å². The SMILES string of the molecule is Cc1ccc(C2CCCC2Br)cc1F.